The summed E-state index contributed by atoms with van der Waals surface area (Å²) in [6.45, 7) is 4.91. The van der Waals surface area contributed by atoms with Crippen molar-refractivity contribution in [2.75, 3.05) is 13.2 Å². The van der Waals surface area contributed by atoms with E-state index in [1.165, 1.54) is 231 Å². The Bertz CT molecular complexity index is 1030. The van der Waals surface area contributed by atoms with E-state index in [1.807, 2.05) is 0 Å². The summed E-state index contributed by atoms with van der Waals surface area (Å²) in [5.41, 5.74) is 0. The van der Waals surface area contributed by atoms with Crippen LogP contribution in [0.25, 0.3) is 0 Å². The molecule has 6 nitrogen and oxygen atoms in total. The maximum Gasteiger partial charge on any atom is 0.305 e. The molecule has 0 saturated heterocycles. The van der Waals surface area contributed by atoms with Gasteiger partial charge in [-0.1, -0.05) is 282 Å². The molecule has 1 amide bonds. The minimum absolute atomic E-state index is 0.0109. The van der Waals surface area contributed by atoms with Gasteiger partial charge in [0.25, 0.3) is 0 Å². The SMILES string of the molecule is CCCC/C=C\C/C=C\CCCCCCCC(=O)OCCCCCCCCCCCCCCCCCCC(=O)NC(CO)C(O)CCCCCCCCCCCCCCCCCCCCC. The smallest absolute Gasteiger partial charge is 0.305 e. The number of aliphatic hydroxyl groups excluding tert-OH is 2. The zero-order chi connectivity index (χ0) is 47.9. The number of amides is 1. The normalized spacial score (nSPS) is 12.7. The zero-order valence-electron chi connectivity index (χ0n) is 44.4. The summed E-state index contributed by atoms with van der Waals surface area (Å²) >= 11 is 0. The average molecular weight is 931 g/mol. The molecule has 0 spiro atoms. The van der Waals surface area contributed by atoms with Crippen molar-refractivity contribution in [3.05, 3.63) is 24.3 Å². The Kier molecular flexibility index (Phi) is 54.5. The summed E-state index contributed by atoms with van der Waals surface area (Å²) in [5, 5.41) is 23.3. The molecule has 0 aliphatic rings. The molecule has 6 heteroatoms. The Hall–Kier alpha value is -1.66. The van der Waals surface area contributed by atoms with E-state index < -0.39 is 12.1 Å². The first-order valence-electron chi connectivity index (χ1n) is 29.6. The van der Waals surface area contributed by atoms with Gasteiger partial charge in [0.05, 0.1) is 25.4 Å². The minimum Gasteiger partial charge on any atom is -0.466 e. The summed E-state index contributed by atoms with van der Waals surface area (Å²) < 4.78 is 5.46. The number of unbranched alkanes of at least 4 members (excludes halogenated alkanes) is 40. The predicted octanol–water partition coefficient (Wildman–Crippen LogP) is 18.2. The van der Waals surface area contributed by atoms with E-state index in [1.54, 1.807) is 0 Å². The highest BCUT2D eigenvalue weighted by atomic mass is 16.5. The van der Waals surface area contributed by atoms with Crippen molar-refractivity contribution in [2.45, 2.75) is 334 Å². The summed E-state index contributed by atoms with van der Waals surface area (Å²) in [4.78, 5) is 24.5. The average Bonchev–Trinajstić information content (AvgIpc) is 3.32. The third-order valence-electron chi connectivity index (χ3n) is 13.8. The van der Waals surface area contributed by atoms with Crippen molar-refractivity contribution in [2.24, 2.45) is 0 Å². The Labute approximate surface area is 411 Å². The first kappa shape index (κ1) is 64.3. The van der Waals surface area contributed by atoms with Gasteiger partial charge >= 0.3 is 5.97 Å². The molecule has 66 heavy (non-hydrogen) atoms. The lowest BCUT2D eigenvalue weighted by Crippen LogP contribution is -2.45. The molecule has 0 heterocycles. The number of esters is 1. The van der Waals surface area contributed by atoms with Gasteiger partial charge in [0.15, 0.2) is 0 Å². The van der Waals surface area contributed by atoms with Crippen molar-refractivity contribution in [1.82, 2.24) is 5.32 Å². The van der Waals surface area contributed by atoms with Crippen LogP contribution in [-0.4, -0.2) is 47.4 Å². The highest BCUT2D eigenvalue weighted by Crippen LogP contribution is 2.18. The van der Waals surface area contributed by atoms with Crippen LogP contribution >= 0.6 is 0 Å². The van der Waals surface area contributed by atoms with Crippen LogP contribution in [0.2, 0.25) is 0 Å². The monoisotopic (exact) mass is 930 g/mol. The fourth-order valence-corrected chi connectivity index (χ4v) is 9.19. The van der Waals surface area contributed by atoms with E-state index in [0.717, 1.165) is 57.8 Å². The summed E-state index contributed by atoms with van der Waals surface area (Å²) in [5.74, 6) is -0.0505. The molecular formula is C60H115NO5. The first-order chi connectivity index (χ1) is 32.5. The fourth-order valence-electron chi connectivity index (χ4n) is 9.19. The van der Waals surface area contributed by atoms with Gasteiger partial charge in [-0.05, 0) is 51.4 Å². The number of nitrogens with one attached hydrogen (secondary N) is 1. The van der Waals surface area contributed by atoms with Crippen LogP contribution in [0.15, 0.2) is 24.3 Å². The van der Waals surface area contributed by atoms with E-state index in [2.05, 4.69) is 43.5 Å². The van der Waals surface area contributed by atoms with Gasteiger partial charge in [0.2, 0.25) is 5.91 Å². The van der Waals surface area contributed by atoms with Gasteiger partial charge in [-0.25, -0.2) is 0 Å². The molecule has 0 aromatic carbocycles. The summed E-state index contributed by atoms with van der Waals surface area (Å²) in [6.07, 6.45) is 67.4. The van der Waals surface area contributed by atoms with Gasteiger partial charge in [-0.15, -0.1) is 0 Å². The molecule has 2 atom stereocenters. The van der Waals surface area contributed by atoms with Gasteiger partial charge in [-0.3, -0.25) is 9.59 Å². The number of aliphatic hydroxyl groups is 2. The number of hydrogen-bond acceptors (Lipinski definition) is 5. The molecule has 0 saturated carbocycles. The maximum atomic E-state index is 12.5. The van der Waals surface area contributed by atoms with Crippen LogP contribution in [-0.2, 0) is 14.3 Å². The quantitative estimate of drug-likeness (QED) is 0.0321. The van der Waals surface area contributed by atoms with Crippen LogP contribution in [0.4, 0.5) is 0 Å². The standard InChI is InChI=1S/C60H115NO5/c1-3-5-7-9-11-13-15-17-19-20-21-22-25-28-32-36-40-44-48-52-58(63)57(56-62)61-59(64)53-49-45-41-37-33-29-26-23-24-27-31-35-39-43-47-51-55-66-60(65)54-50-46-42-38-34-30-18-16-14-12-10-8-6-4-2/h10,12,16,18,57-58,62-63H,3-9,11,13-15,17,19-56H2,1-2H3,(H,61,64)/b12-10-,18-16-. The number of carbonyl (C=O) groups is 2. The van der Waals surface area contributed by atoms with Crippen molar-refractivity contribution in [1.29, 1.82) is 0 Å². The molecule has 0 aromatic heterocycles. The second kappa shape index (κ2) is 55.9. The Morgan fingerprint density at radius 2 is 0.773 bits per heavy atom. The third kappa shape index (κ3) is 51.7. The molecular weight excluding hydrogens is 815 g/mol. The summed E-state index contributed by atoms with van der Waals surface area (Å²) in [6, 6.07) is -0.547. The highest BCUT2D eigenvalue weighted by Gasteiger charge is 2.20. The number of ether oxygens (including phenoxy) is 1. The molecule has 0 radical (unpaired) electrons. The van der Waals surface area contributed by atoms with E-state index in [4.69, 9.17) is 4.74 Å². The lowest BCUT2D eigenvalue weighted by molar-refractivity contribution is -0.143. The van der Waals surface area contributed by atoms with E-state index in [9.17, 15) is 19.8 Å². The van der Waals surface area contributed by atoms with Crippen LogP contribution in [0.3, 0.4) is 0 Å². The molecule has 0 bridgehead atoms. The van der Waals surface area contributed by atoms with Gasteiger partial charge < -0.3 is 20.3 Å². The van der Waals surface area contributed by atoms with E-state index in [-0.39, 0.29) is 18.5 Å². The lowest BCUT2D eigenvalue weighted by Gasteiger charge is -2.22. The van der Waals surface area contributed by atoms with Crippen molar-refractivity contribution >= 4 is 11.9 Å². The summed E-state index contributed by atoms with van der Waals surface area (Å²) in [7, 11) is 0. The van der Waals surface area contributed by atoms with Gasteiger partial charge in [0.1, 0.15) is 0 Å². The van der Waals surface area contributed by atoms with Crippen LogP contribution in [0, 0.1) is 0 Å². The highest BCUT2D eigenvalue weighted by molar-refractivity contribution is 5.76. The largest absolute Gasteiger partial charge is 0.466 e. The second-order valence-electron chi connectivity index (χ2n) is 20.3. The predicted molar refractivity (Wildman–Crippen MR) is 287 cm³/mol. The fraction of sp³-hybridized carbons (Fsp3) is 0.900. The third-order valence-corrected chi connectivity index (χ3v) is 13.8. The van der Waals surface area contributed by atoms with Crippen molar-refractivity contribution in [3.63, 3.8) is 0 Å². The Balaban J connectivity index is 3.43. The van der Waals surface area contributed by atoms with Crippen LogP contribution in [0.5, 0.6) is 0 Å². The molecule has 0 aliphatic heterocycles. The van der Waals surface area contributed by atoms with E-state index >= 15 is 0 Å². The maximum absolute atomic E-state index is 12.5. The number of hydrogen-bond donors (Lipinski definition) is 3. The second-order valence-corrected chi connectivity index (χ2v) is 20.3. The first-order valence-corrected chi connectivity index (χ1v) is 29.6. The van der Waals surface area contributed by atoms with Crippen molar-refractivity contribution < 1.29 is 24.5 Å². The number of carbonyl (C=O) groups excluding carboxylic acids is 2. The molecule has 0 aliphatic carbocycles. The molecule has 0 aromatic rings. The molecule has 390 valence electrons. The van der Waals surface area contributed by atoms with Crippen LogP contribution in [0.1, 0.15) is 322 Å². The van der Waals surface area contributed by atoms with Crippen LogP contribution < -0.4 is 5.32 Å². The van der Waals surface area contributed by atoms with Gasteiger partial charge in [0, 0.05) is 12.8 Å². The van der Waals surface area contributed by atoms with Crippen molar-refractivity contribution in [3.8, 4) is 0 Å². The zero-order valence-corrected chi connectivity index (χ0v) is 44.4. The number of allylic oxidation sites excluding steroid dienone is 4. The Morgan fingerprint density at radius 3 is 1.20 bits per heavy atom. The topological polar surface area (TPSA) is 95.9 Å². The Morgan fingerprint density at radius 1 is 0.424 bits per heavy atom. The number of rotatable bonds is 55. The van der Waals surface area contributed by atoms with E-state index in [0.29, 0.717) is 25.9 Å². The molecule has 3 N–H and O–H groups in total. The molecule has 0 fully saturated rings. The minimum atomic E-state index is -0.670. The lowest BCUT2D eigenvalue weighted by atomic mass is 10.0. The van der Waals surface area contributed by atoms with Gasteiger partial charge in [-0.2, -0.15) is 0 Å². The molecule has 0 rings (SSSR count). The molecule has 2 unspecified atom stereocenters.